The number of phenols is 2. The first-order chi connectivity index (χ1) is 10.4. The van der Waals surface area contributed by atoms with Crippen LogP contribution in [-0.2, 0) is 12.0 Å². The third-order valence-corrected chi connectivity index (χ3v) is 4.04. The van der Waals surface area contributed by atoms with E-state index in [0.717, 1.165) is 6.07 Å². The molecule has 1 aliphatic carbocycles. The fourth-order valence-corrected chi connectivity index (χ4v) is 2.81. The van der Waals surface area contributed by atoms with E-state index in [1.807, 2.05) is 0 Å². The third-order valence-electron chi connectivity index (χ3n) is 4.04. The molecule has 0 atom stereocenters. The maximum Gasteiger partial charge on any atom is 0.220 e. The summed E-state index contributed by atoms with van der Waals surface area (Å²) in [7, 11) is 0. The summed E-state index contributed by atoms with van der Waals surface area (Å²) in [5.41, 5.74) is -1.97. The summed E-state index contributed by atoms with van der Waals surface area (Å²) in [5.74, 6) is -2.18. The van der Waals surface area contributed by atoms with Crippen molar-refractivity contribution in [3.63, 3.8) is 0 Å². The lowest BCUT2D eigenvalue weighted by atomic mass is 9.86. The summed E-state index contributed by atoms with van der Waals surface area (Å²) in [6.07, 6.45) is 0.421. The van der Waals surface area contributed by atoms with E-state index in [4.69, 9.17) is 0 Å². The molecular weight excluding hydrogens is 284 g/mol. The topological polar surface area (TPSA) is 94.8 Å². The van der Waals surface area contributed by atoms with Gasteiger partial charge < -0.3 is 15.3 Å². The minimum Gasteiger partial charge on any atom is -0.508 e. The van der Waals surface area contributed by atoms with E-state index >= 15 is 0 Å². The molecule has 0 radical (unpaired) electrons. The lowest BCUT2D eigenvalue weighted by molar-refractivity contribution is 0.0312. The predicted molar refractivity (Wildman–Crippen MR) is 78.1 cm³/mol. The zero-order valence-electron chi connectivity index (χ0n) is 11.8. The van der Waals surface area contributed by atoms with Gasteiger partial charge in [-0.25, -0.2) is 0 Å². The minimum atomic E-state index is -2.45. The van der Waals surface area contributed by atoms with Crippen LogP contribution in [0.2, 0.25) is 0 Å². The van der Waals surface area contributed by atoms with Crippen LogP contribution in [-0.4, -0.2) is 26.9 Å². The molecule has 0 saturated carbocycles. The van der Waals surface area contributed by atoms with Gasteiger partial charge in [0.25, 0.3) is 0 Å². The normalized spacial score (nSPS) is 15.9. The van der Waals surface area contributed by atoms with Crippen LogP contribution in [0.15, 0.2) is 36.4 Å². The molecule has 0 saturated heterocycles. The molecule has 1 aliphatic rings. The van der Waals surface area contributed by atoms with E-state index in [0.29, 0.717) is 12.0 Å². The van der Waals surface area contributed by atoms with Gasteiger partial charge >= 0.3 is 0 Å². The van der Waals surface area contributed by atoms with Gasteiger partial charge in [-0.1, -0.05) is 31.2 Å². The van der Waals surface area contributed by atoms with Gasteiger partial charge in [-0.15, -0.1) is 0 Å². The molecule has 22 heavy (non-hydrogen) atoms. The summed E-state index contributed by atoms with van der Waals surface area (Å²) in [6.45, 7) is 1.77. The van der Waals surface area contributed by atoms with Crippen molar-refractivity contribution in [2.24, 2.45) is 0 Å². The second-order valence-electron chi connectivity index (χ2n) is 5.27. The van der Waals surface area contributed by atoms with Gasteiger partial charge in [-0.3, -0.25) is 9.59 Å². The Hall–Kier alpha value is -2.66. The average Bonchev–Trinajstić information content (AvgIpc) is 2.71. The van der Waals surface area contributed by atoms with E-state index in [1.165, 1.54) is 18.2 Å². The van der Waals surface area contributed by atoms with Crippen LogP contribution >= 0.6 is 0 Å². The molecule has 0 aliphatic heterocycles. The van der Waals surface area contributed by atoms with Crippen molar-refractivity contribution in [3.8, 4) is 11.5 Å². The van der Waals surface area contributed by atoms with Crippen LogP contribution in [0.4, 0.5) is 0 Å². The molecule has 0 spiro atoms. The SMILES string of the molecule is CCc1cc(C2(O)C(=O)c3ccccc3C2=O)c(O)cc1O. The lowest BCUT2D eigenvalue weighted by Gasteiger charge is -2.21. The maximum atomic E-state index is 12.5. The lowest BCUT2D eigenvalue weighted by Crippen LogP contribution is -2.38. The number of rotatable bonds is 2. The largest absolute Gasteiger partial charge is 0.508 e. The standard InChI is InChI=1S/C17H14O5/c1-2-9-7-12(14(19)8-13(9)18)17(22)15(20)10-5-3-4-6-11(10)16(17)21/h3-8,18-19,22H,2H2,1H3. The number of phenolic OH excluding ortho intramolecular Hbond substituents is 2. The molecule has 5 nitrogen and oxygen atoms in total. The van der Waals surface area contributed by atoms with Gasteiger partial charge in [0.05, 0.1) is 0 Å². The molecule has 0 fully saturated rings. The zero-order chi connectivity index (χ0) is 16.1. The summed E-state index contributed by atoms with van der Waals surface area (Å²) in [4.78, 5) is 25.0. The highest BCUT2D eigenvalue weighted by Gasteiger charge is 2.54. The van der Waals surface area contributed by atoms with E-state index < -0.39 is 22.9 Å². The molecule has 3 N–H and O–H groups in total. The van der Waals surface area contributed by atoms with Crippen LogP contribution in [0.5, 0.6) is 11.5 Å². The number of hydrogen-bond donors (Lipinski definition) is 3. The molecule has 0 amide bonds. The smallest absolute Gasteiger partial charge is 0.220 e. The molecule has 0 aromatic heterocycles. The Morgan fingerprint density at radius 2 is 1.50 bits per heavy atom. The Morgan fingerprint density at radius 3 is 2.00 bits per heavy atom. The van der Waals surface area contributed by atoms with Crippen molar-refractivity contribution >= 4 is 11.6 Å². The maximum absolute atomic E-state index is 12.5. The molecule has 2 aromatic rings. The quantitative estimate of drug-likeness (QED) is 0.736. The number of carbonyl (C=O) groups is 2. The van der Waals surface area contributed by atoms with Gasteiger partial charge in [0, 0.05) is 22.8 Å². The number of aromatic hydroxyl groups is 2. The van der Waals surface area contributed by atoms with Crippen LogP contribution < -0.4 is 0 Å². The van der Waals surface area contributed by atoms with Crippen molar-refractivity contribution in [3.05, 3.63) is 58.7 Å². The Bertz CT molecular complexity index is 772. The summed E-state index contributed by atoms with van der Waals surface area (Å²) < 4.78 is 0. The Balaban J connectivity index is 2.25. The van der Waals surface area contributed by atoms with Gasteiger partial charge in [-0.05, 0) is 18.1 Å². The third kappa shape index (κ3) is 1.69. The van der Waals surface area contributed by atoms with Crippen molar-refractivity contribution in [2.45, 2.75) is 18.9 Å². The Kier molecular flexibility index (Phi) is 3.04. The Morgan fingerprint density at radius 1 is 0.955 bits per heavy atom. The number of ketones is 2. The fourth-order valence-electron chi connectivity index (χ4n) is 2.81. The average molecular weight is 298 g/mol. The van der Waals surface area contributed by atoms with Gasteiger partial charge in [0.2, 0.25) is 17.2 Å². The van der Waals surface area contributed by atoms with Crippen molar-refractivity contribution in [1.29, 1.82) is 0 Å². The molecule has 5 heteroatoms. The number of Topliss-reactive ketones (excluding diaryl/α,β-unsaturated/α-hetero) is 2. The second-order valence-corrected chi connectivity index (χ2v) is 5.27. The first kappa shape index (κ1) is 14.3. The van der Waals surface area contributed by atoms with E-state index in [-0.39, 0.29) is 22.4 Å². The molecule has 0 unspecified atom stereocenters. The van der Waals surface area contributed by atoms with Crippen molar-refractivity contribution < 1.29 is 24.9 Å². The number of benzene rings is 2. The first-order valence-corrected chi connectivity index (χ1v) is 6.87. The molecule has 0 heterocycles. The highest BCUT2D eigenvalue weighted by Crippen LogP contribution is 2.43. The van der Waals surface area contributed by atoms with Crippen molar-refractivity contribution in [2.75, 3.05) is 0 Å². The van der Waals surface area contributed by atoms with Gasteiger partial charge in [-0.2, -0.15) is 0 Å². The highest BCUT2D eigenvalue weighted by atomic mass is 16.3. The number of fused-ring (bicyclic) bond motifs is 1. The first-order valence-electron chi connectivity index (χ1n) is 6.87. The minimum absolute atomic E-state index is 0.125. The second kappa shape index (κ2) is 4.68. The molecular formula is C17H14O5. The van der Waals surface area contributed by atoms with E-state index in [1.54, 1.807) is 19.1 Å². The van der Waals surface area contributed by atoms with Crippen LogP contribution in [0.1, 0.15) is 38.8 Å². The van der Waals surface area contributed by atoms with Crippen LogP contribution in [0.3, 0.4) is 0 Å². The summed E-state index contributed by atoms with van der Waals surface area (Å²) in [6, 6.07) is 8.47. The molecule has 0 bridgehead atoms. The van der Waals surface area contributed by atoms with E-state index in [9.17, 15) is 24.9 Å². The predicted octanol–water partition coefficient (Wildman–Crippen LogP) is 1.93. The van der Waals surface area contributed by atoms with Gasteiger partial charge in [0.1, 0.15) is 11.5 Å². The molecule has 112 valence electrons. The monoisotopic (exact) mass is 298 g/mol. The Labute approximate surface area is 126 Å². The fraction of sp³-hybridized carbons (Fsp3) is 0.176. The van der Waals surface area contributed by atoms with Crippen molar-refractivity contribution in [1.82, 2.24) is 0 Å². The highest BCUT2D eigenvalue weighted by molar-refractivity contribution is 6.32. The molecule has 2 aromatic carbocycles. The number of hydrogen-bond acceptors (Lipinski definition) is 5. The van der Waals surface area contributed by atoms with Crippen LogP contribution in [0, 0.1) is 0 Å². The van der Waals surface area contributed by atoms with E-state index in [2.05, 4.69) is 0 Å². The zero-order valence-corrected chi connectivity index (χ0v) is 11.8. The number of aliphatic hydroxyl groups is 1. The number of aryl methyl sites for hydroxylation is 1. The van der Waals surface area contributed by atoms with Gasteiger partial charge in [0.15, 0.2) is 0 Å². The summed E-state index contributed by atoms with van der Waals surface area (Å²) >= 11 is 0. The molecule has 3 rings (SSSR count). The number of carbonyl (C=O) groups excluding carboxylic acids is 2. The van der Waals surface area contributed by atoms with Crippen LogP contribution in [0.25, 0.3) is 0 Å². The summed E-state index contributed by atoms with van der Waals surface area (Å²) in [5, 5.41) is 30.5.